The lowest BCUT2D eigenvalue weighted by molar-refractivity contribution is -0.138. The molecular weight excluding hydrogens is 542 g/mol. The topological polar surface area (TPSA) is 302 Å². The lowest BCUT2D eigenvalue weighted by Crippen LogP contribution is -2.58. The van der Waals surface area contributed by atoms with Crippen LogP contribution in [0.4, 0.5) is 0 Å². The van der Waals surface area contributed by atoms with Crippen LogP contribution in [-0.2, 0) is 33.6 Å². The summed E-state index contributed by atoms with van der Waals surface area (Å²) in [6.45, 7) is 3.36. The van der Waals surface area contributed by atoms with Gasteiger partial charge in [-0.05, 0) is 38.0 Å². The van der Waals surface area contributed by atoms with Crippen molar-refractivity contribution in [1.29, 1.82) is 5.41 Å². The highest BCUT2D eigenvalue weighted by Crippen LogP contribution is 2.09. The summed E-state index contributed by atoms with van der Waals surface area (Å²) in [5, 5.41) is 28.4. The molecule has 0 aromatic rings. The maximum atomic E-state index is 13.2. The van der Waals surface area contributed by atoms with Gasteiger partial charge in [0.15, 0.2) is 5.96 Å². The molecule has 5 amide bonds. The number of hydrogen-bond acceptors (Lipinski definition) is 9. The Morgan fingerprint density at radius 1 is 0.829 bits per heavy atom. The van der Waals surface area contributed by atoms with Gasteiger partial charge in [0.1, 0.15) is 18.1 Å². The summed E-state index contributed by atoms with van der Waals surface area (Å²) in [6, 6.07) is -4.87. The number of carbonyl (C=O) groups excluding carboxylic acids is 6. The molecule has 0 bridgehead atoms. The molecule has 0 saturated heterocycles. The number of hydrogen-bond donors (Lipinski definition) is 10. The molecule has 0 heterocycles. The van der Waals surface area contributed by atoms with Crippen molar-refractivity contribution < 1.29 is 38.7 Å². The van der Waals surface area contributed by atoms with E-state index in [2.05, 4.69) is 26.6 Å². The summed E-state index contributed by atoms with van der Waals surface area (Å²) < 4.78 is 0. The third kappa shape index (κ3) is 17.1. The van der Waals surface area contributed by atoms with E-state index in [1.54, 1.807) is 20.1 Å². The molecule has 4 atom stereocenters. The van der Waals surface area contributed by atoms with Gasteiger partial charge in [0.25, 0.3) is 0 Å². The molecule has 13 N–H and O–H groups in total. The first kappa shape index (κ1) is 36.7. The second-order valence-corrected chi connectivity index (χ2v) is 9.68. The van der Waals surface area contributed by atoms with Gasteiger partial charge in [-0.3, -0.25) is 39.0 Å². The van der Waals surface area contributed by atoms with Crippen LogP contribution in [0.5, 0.6) is 0 Å². The smallest absolute Gasteiger partial charge is 0.303 e. The number of amides is 5. The molecule has 0 aromatic carbocycles. The monoisotopic (exact) mass is 584 g/mol. The van der Waals surface area contributed by atoms with E-state index in [-0.39, 0.29) is 50.5 Å². The zero-order valence-electron chi connectivity index (χ0n) is 23.3. The Bertz CT molecular complexity index is 944. The molecule has 0 aliphatic heterocycles. The Labute approximate surface area is 238 Å². The fraction of sp³-hybridized carbons (Fsp3) is 0.667. The number of carboxylic acids is 1. The summed E-state index contributed by atoms with van der Waals surface area (Å²) in [4.78, 5) is 84.7. The van der Waals surface area contributed by atoms with Crippen molar-refractivity contribution in [2.24, 2.45) is 23.1 Å². The standard InChI is InChI=1S/C24H42N9O8/c1-13(2)10-17(33-22(40)15(6-8-20(37)38)31-19(36)11-25)23(41)32-16(5-7-18(26)35)21(39)30-14(12-34)4-3-9-29-24(27)28/h13-17H,3-11,25H2,1-2H3,(H2,26,35)(H,30,39)(H,31,36)(H,32,41)(H,33,40)(H,37,38)(H4,27,28,29)/t14-,15+,16+,17+/m1/s1. The summed E-state index contributed by atoms with van der Waals surface area (Å²) in [6.07, 6.45) is 1.08. The van der Waals surface area contributed by atoms with Crippen LogP contribution >= 0.6 is 0 Å². The van der Waals surface area contributed by atoms with Gasteiger partial charge in [0.05, 0.1) is 12.6 Å². The fourth-order valence-electron chi connectivity index (χ4n) is 3.55. The SMILES string of the molecule is CC(C)C[C@H](NC(=O)[C@H](CCC(=O)O)NC(=O)CN)C(=O)N[C@@H](CCC(N)=O)C(=O)N[C@@H]([C]=O)CCCNC(=N)N. The molecule has 0 aliphatic carbocycles. The van der Waals surface area contributed by atoms with Crippen LogP contribution in [0.3, 0.4) is 0 Å². The van der Waals surface area contributed by atoms with Gasteiger partial charge in [0, 0.05) is 19.4 Å². The van der Waals surface area contributed by atoms with Crippen LogP contribution in [-0.4, -0.2) is 90.1 Å². The van der Waals surface area contributed by atoms with E-state index in [1.165, 1.54) is 0 Å². The minimum absolute atomic E-state index is 0.103. The molecule has 41 heavy (non-hydrogen) atoms. The highest BCUT2D eigenvalue weighted by atomic mass is 16.4. The summed E-state index contributed by atoms with van der Waals surface area (Å²) in [5.41, 5.74) is 15.7. The highest BCUT2D eigenvalue weighted by Gasteiger charge is 2.31. The minimum atomic E-state index is -1.31. The van der Waals surface area contributed by atoms with Crippen LogP contribution in [0, 0.1) is 11.3 Å². The molecule has 0 aliphatic rings. The molecule has 0 spiro atoms. The predicted octanol–water partition coefficient (Wildman–Crippen LogP) is -3.57. The van der Waals surface area contributed by atoms with Crippen molar-refractivity contribution in [2.45, 2.75) is 83.0 Å². The van der Waals surface area contributed by atoms with Crippen LogP contribution in [0.1, 0.15) is 58.8 Å². The number of carbonyl (C=O) groups is 6. The molecule has 0 unspecified atom stereocenters. The predicted molar refractivity (Wildman–Crippen MR) is 146 cm³/mol. The van der Waals surface area contributed by atoms with Crippen LogP contribution in [0.15, 0.2) is 0 Å². The second-order valence-electron chi connectivity index (χ2n) is 9.68. The largest absolute Gasteiger partial charge is 0.481 e. The number of aliphatic carboxylic acids is 1. The van der Waals surface area contributed by atoms with Crippen molar-refractivity contribution in [1.82, 2.24) is 26.6 Å². The molecule has 1 radical (unpaired) electrons. The van der Waals surface area contributed by atoms with Gasteiger partial charge in [-0.1, -0.05) is 13.8 Å². The Hall–Kier alpha value is -4.28. The third-order valence-electron chi connectivity index (χ3n) is 5.58. The maximum absolute atomic E-state index is 13.2. The van der Waals surface area contributed by atoms with Gasteiger partial charge in [-0.15, -0.1) is 0 Å². The maximum Gasteiger partial charge on any atom is 0.303 e. The van der Waals surface area contributed by atoms with Crippen molar-refractivity contribution in [2.75, 3.05) is 13.1 Å². The molecular formula is C24H42N9O8. The number of guanidine groups is 1. The van der Waals surface area contributed by atoms with E-state index in [0.29, 0.717) is 6.42 Å². The van der Waals surface area contributed by atoms with Crippen LogP contribution < -0.4 is 43.8 Å². The van der Waals surface area contributed by atoms with Gasteiger partial charge in [-0.2, -0.15) is 0 Å². The van der Waals surface area contributed by atoms with Crippen LogP contribution in [0.2, 0.25) is 0 Å². The normalized spacial score (nSPS) is 13.6. The molecule has 17 heteroatoms. The number of rotatable bonds is 21. The summed E-state index contributed by atoms with van der Waals surface area (Å²) in [7, 11) is 0. The average molecular weight is 585 g/mol. The molecule has 17 nitrogen and oxygen atoms in total. The first-order chi connectivity index (χ1) is 19.2. The number of nitrogens with two attached hydrogens (primary N) is 3. The van der Waals surface area contributed by atoms with E-state index in [9.17, 15) is 33.6 Å². The minimum Gasteiger partial charge on any atom is -0.481 e. The van der Waals surface area contributed by atoms with E-state index in [1.807, 2.05) is 0 Å². The average Bonchev–Trinajstić information content (AvgIpc) is 2.88. The zero-order valence-corrected chi connectivity index (χ0v) is 23.3. The lowest BCUT2D eigenvalue weighted by Gasteiger charge is -2.26. The quantitative estimate of drug-likeness (QED) is 0.0357. The Morgan fingerprint density at radius 3 is 1.88 bits per heavy atom. The van der Waals surface area contributed by atoms with Crippen molar-refractivity contribution in [3.63, 3.8) is 0 Å². The number of primary amides is 1. The number of carboxylic acid groups (broad SMARTS) is 1. The lowest BCUT2D eigenvalue weighted by atomic mass is 10.0. The van der Waals surface area contributed by atoms with E-state index in [4.69, 9.17) is 27.7 Å². The summed E-state index contributed by atoms with van der Waals surface area (Å²) in [5.74, 6) is -5.46. The zero-order chi connectivity index (χ0) is 31.5. The first-order valence-corrected chi connectivity index (χ1v) is 13.1. The Balaban J connectivity index is 5.68. The Kier molecular flexibility index (Phi) is 17.7. The fourth-order valence-corrected chi connectivity index (χ4v) is 3.55. The number of nitrogens with one attached hydrogen (secondary N) is 6. The molecule has 0 saturated carbocycles. The van der Waals surface area contributed by atoms with Crippen molar-refractivity contribution in [3.8, 4) is 0 Å². The van der Waals surface area contributed by atoms with Gasteiger partial charge >= 0.3 is 5.97 Å². The van der Waals surface area contributed by atoms with E-state index >= 15 is 0 Å². The highest BCUT2D eigenvalue weighted by molar-refractivity contribution is 5.95. The first-order valence-electron chi connectivity index (χ1n) is 13.1. The molecule has 231 valence electrons. The van der Waals surface area contributed by atoms with Gasteiger partial charge in [-0.25, -0.2) is 0 Å². The molecule has 0 rings (SSSR count). The Morgan fingerprint density at radius 2 is 1.37 bits per heavy atom. The summed E-state index contributed by atoms with van der Waals surface area (Å²) >= 11 is 0. The molecule has 0 fully saturated rings. The second kappa shape index (κ2) is 19.7. The van der Waals surface area contributed by atoms with E-state index in [0.717, 1.165) is 0 Å². The van der Waals surface area contributed by atoms with Crippen LogP contribution in [0.25, 0.3) is 0 Å². The molecule has 0 aromatic heterocycles. The third-order valence-corrected chi connectivity index (χ3v) is 5.58. The van der Waals surface area contributed by atoms with Crippen molar-refractivity contribution in [3.05, 3.63) is 0 Å². The van der Waals surface area contributed by atoms with Gasteiger partial charge in [0.2, 0.25) is 35.8 Å². The van der Waals surface area contributed by atoms with Gasteiger partial charge < -0.3 is 48.9 Å². The van der Waals surface area contributed by atoms with Crippen molar-refractivity contribution >= 4 is 47.8 Å². The van der Waals surface area contributed by atoms with E-state index < -0.39 is 72.6 Å².